The van der Waals surface area contributed by atoms with Crippen LogP contribution < -0.4 is 15.4 Å². The molecule has 0 unspecified atom stereocenters. The van der Waals surface area contributed by atoms with E-state index in [1.165, 1.54) is 6.42 Å². The summed E-state index contributed by atoms with van der Waals surface area (Å²) in [4.78, 5) is 42.4. The molecule has 3 atom stereocenters. The van der Waals surface area contributed by atoms with Crippen molar-refractivity contribution in [3.05, 3.63) is 23.8 Å². The zero-order valence-electron chi connectivity index (χ0n) is 21.7. The minimum absolute atomic E-state index is 0.000333. The highest BCUT2D eigenvalue weighted by molar-refractivity contribution is 6.02. The van der Waals surface area contributed by atoms with Gasteiger partial charge in [-0.2, -0.15) is 0 Å². The number of urea groups is 1. The van der Waals surface area contributed by atoms with Crippen LogP contribution in [0.15, 0.2) is 18.2 Å². The molecular formula is C27H40N4O5. The topological polar surface area (TPSA) is 111 Å². The van der Waals surface area contributed by atoms with Gasteiger partial charge < -0.3 is 30.3 Å². The number of anilines is 1. The predicted molar refractivity (Wildman–Crippen MR) is 137 cm³/mol. The highest BCUT2D eigenvalue weighted by Crippen LogP contribution is 2.37. The Balaban J connectivity index is 1.59. The van der Waals surface area contributed by atoms with Crippen molar-refractivity contribution in [1.82, 2.24) is 15.1 Å². The summed E-state index contributed by atoms with van der Waals surface area (Å²) < 4.78 is 6.48. The van der Waals surface area contributed by atoms with Gasteiger partial charge >= 0.3 is 6.03 Å². The Bertz CT molecular complexity index is 959. The molecular weight excluding hydrogens is 460 g/mol. The molecule has 36 heavy (non-hydrogen) atoms. The van der Waals surface area contributed by atoms with E-state index in [1.807, 2.05) is 13.8 Å². The van der Waals surface area contributed by atoms with E-state index < -0.39 is 6.10 Å². The van der Waals surface area contributed by atoms with Crippen LogP contribution in [0.5, 0.6) is 5.75 Å². The molecule has 4 amide bonds. The fourth-order valence-corrected chi connectivity index (χ4v) is 5.02. The van der Waals surface area contributed by atoms with Gasteiger partial charge in [0.2, 0.25) is 5.91 Å². The Hall–Kier alpha value is -2.81. The van der Waals surface area contributed by atoms with Crippen LogP contribution in [0.2, 0.25) is 0 Å². The molecule has 9 nitrogen and oxygen atoms in total. The summed E-state index contributed by atoms with van der Waals surface area (Å²) in [6.45, 7) is 4.32. The first-order valence-electron chi connectivity index (χ1n) is 13.3. The molecule has 0 saturated heterocycles. The smallest absolute Gasteiger partial charge is 0.317 e. The van der Waals surface area contributed by atoms with Crippen LogP contribution in [0.1, 0.15) is 69.2 Å². The van der Waals surface area contributed by atoms with Crippen molar-refractivity contribution in [3.8, 4) is 5.75 Å². The summed E-state index contributed by atoms with van der Waals surface area (Å²) in [5.41, 5.74) is 0.804. The molecule has 2 saturated carbocycles. The Morgan fingerprint density at radius 1 is 1.19 bits per heavy atom. The first-order chi connectivity index (χ1) is 17.3. The van der Waals surface area contributed by atoms with E-state index in [9.17, 15) is 19.5 Å². The Kier molecular flexibility index (Phi) is 8.39. The number of carbonyl (C=O) groups excluding carboxylic acids is 3. The van der Waals surface area contributed by atoms with Crippen LogP contribution >= 0.6 is 0 Å². The van der Waals surface area contributed by atoms with Crippen molar-refractivity contribution < 1.29 is 24.2 Å². The molecule has 2 fully saturated rings. The number of carbonyl (C=O) groups is 3. The van der Waals surface area contributed by atoms with Gasteiger partial charge in [-0.25, -0.2) is 4.79 Å². The van der Waals surface area contributed by atoms with Crippen molar-refractivity contribution in [2.45, 2.75) is 77.0 Å². The number of hydrogen-bond donors (Lipinski definition) is 3. The first-order valence-corrected chi connectivity index (χ1v) is 13.3. The lowest BCUT2D eigenvalue weighted by Crippen LogP contribution is -2.52. The van der Waals surface area contributed by atoms with Gasteiger partial charge in [0.1, 0.15) is 6.10 Å². The second-order valence-electron chi connectivity index (χ2n) is 10.7. The molecule has 0 aromatic heterocycles. The summed E-state index contributed by atoms with van der Waals surface area (Å²) in [6.07, 6.45) is 6.80. The lowest BCUT2D eigenvalue weighted by Gasteiger charge is -2.38. The number of rotatable bonds is 7. The normalized spacial score (nSPS) is 23.6. The Labute approximate surface area is 213 Å². The van der Waals surface area contributed by atoms with Gasteiger partial charge in [0, 0.05) is 31.5 Å². The summed E-state index contributed by atoms with van der Waals surface area (Å²) >= 11 is 0. The predicted octanol–water partition coefficient (Wildman–Crippen LogP) is 3.23. The fourth-order valence-electron chi connectivity index (χ4n) is 5.02. The average molecular weight is 501 g/mol. The second-order valence-corrected chi connectivity index (χ2v) is 10.7. The van der Waals surface area contributed by atoms with Gasteiger partial charge in [-0.05, 0) is 44.7 Å². The van der Waals surface area contributed by atoms with E-state index in [1.54, 1.807) is 35.0 Å². The monoisotopic (exact) mass is 500 g/mol. The van der Waals surface area contributed by atoms with Crippen molar-refractivity contribution >= 4 is 23.5 Å². The van der Waals surface area contributed by atoms with Gasteiger partial charge in [0.25, 0.3) is 5.91 Å². The maximum atomic E-state index is 13.5. The number of hydrogen-bond acceptors (Lipinski definition) is 5. The van der Waals surface area contributed by atoms with E-state index in [2.05, 4.69) is 10.6 Å². The summed E-state index contributed by atoms with van der Waals surface area (Å²) in [5.74, 6) is -0.128. The number of para-hydroxylation sites is 1. The Morgan fingerprint density at radius 3 is 2.58 bits per heavy atom. The third-order valence-corrected chi connectivity index (χ3v) is 7.63. The molecule has 0 spiro atoms. The molecule has 1 aromatic carbocycles. The number of benzene rings is 1. The molecule has 9 heteroatoms. The van der Waals surface area contributed by atoms with E-state index in [0.717, 1.165) is 38.5 Å². The van der Waals surface area contributed by atoms with Crippen molar-refractivity contribution in [1.29, 1.82) is 0 Å². The number of nitrogens with zero attached hydrogens (tertiary/aromatic N) is 2. The van der Waals surface area contributed by atoms with Crippen molar-refractivity contribution in [3.63, 3.8) is 0 Å². The number of ether oxygens (including phenoxy) is 1. The summed E-state index contributed by atoms with van der Waals surface area (Å²) in [7, 11) is 1.76. The van der Waals surface area contributed by atoms with Crippen LogP contribution in [-0.2, 0) is 4.79 Å². The standard InChI is InChI=1S/C27H40N4O5/c1-17-14-31(18(2)16-32)26(34)21-10-7-11-22(29-25(33)19-12-13-19)24(21)36-23(17)15-30(3)27(35)28-20-8-5-4-6-9-20/h7,10-11,17-20,23,32H,4-6,8-9,12-16H2,1-3H3,(H,28,35)(H,29,33)/t17-,18-,23+/m1/s1. The largest absolute Gasteiger partial charge is 0.485 e. The first kappa shape index (κ1) is 26.3. The fraction of sp³-hybridized carbons (Fsp3) is 0.667. The lowest BCUT2D eigenvalue weighted by molar-refractivity contribution is -0.117. The van der Waals surface area contributed by atoms with Gasteiger partial charge in [-0.3, -0.25) is 9.59 Å². The van der Waals surface area contributed by atoms with Gasteiger partial charge in [-0.15, -0.1) is 0 Å². The molecule has 3 aliphatic rings. The van der Waals surface area contributed by atoms with Crippen LogP contribution in [-0.4, -0.2) is 77.7 Å². The number of nitrogens with one attached hydrogen (secondary N) is 2. The van der Waals surface area contributed by atoms with Crippen LogP contribution in [0.25, 0.3) is 0 Å². The number of aliphatic hydroxyl groups is 1. The van der Waals surface area contributed by atoms with Crippen molar-refractivity contribution in [2.75, 3.05) is 32.1 Å². The molecule has 1 aliphatic heterocycles. The van der Waals surface area contributed by atoms with E-state index in [0.29, 0.717) is 30.1 Å². The van der Waals surface area contributed by atoms with Gasteiger partial charge in [-0.1, -0.05) is 32.3 Å². The van der Waals surface area contributed by atoms with E-state index >= 15 is 0 Å². The molecule has 2 aliphatic carbocycles. The maximum Gasteiger partial charge on any atom is 0.317 e. The van der Waals surface area contributed by atoms with E-state index in [-0.39, 0.29) is 48.4 Å². The summed E-state index contributed by atoms with van der Waals surface area (Å²) in [6, 6.07) is 4.85. The zero-order chi connectivity index (χ0) is 25.8. The molecule has 0 radical (unpaired) electrons. The van der Waals surface area contributed by atoms with Crippen molar-refractivity contribution in [2.24, 2.45) is 11.8 Å². The lowest BCUT2D eigenvalue weighted by atomic mass is 9.96. The van der Waals surface area contributed by atoms with Crippen LogP contribution in [0, 0.1) is 11.8 Å². The van der Waals surface area contributed by atoms with Crippen LogP contribution in [0.3, 0.4) is 0 Å². The quantitative estimate of drug-likeness (QED) is 0.532. The SMILES string of the molecule is C[C@@H]1CN([C@H](C)CO)C(=O)c2cccc(NC(=O)C3CC3)c2O[C@H]1CN(C)C(=O)NC1CCCCC1. The Morgan fingerprint density at radius 2 is 1.92 bits per heavy atom. The zero-order valence-corrected chi connectivity index (χ0v) is 21.7. The third-order valence-electron chi connectivity index (χ3n) is 7.63. The number of likely N-dealkylation sites (N-methyl/N-ethyl adjacent to an activating group) is 1. The molecule has 4 rings (SSSR count). The molecule has 0 bridgehead atoms. The second kappa shape index (κ2) is 11.5. The highest BCUT2D eigenvalue weighted by Gasteiger charge is 2.36. The van der Waals surface area contributed by atoms with Gasteiger partial charge in [0.15, 0.2) is 5.75 Å². The maximum absolute atomic E-state index is 13.5. The number of fused-ring (bicyclic) bond motifs is 1. The van der Waals surface area contributed by atoms with E-state index in [4.69, 9.17) is 4.74 Å². The minimum atomic E-state index is -0.425. The number of amides is 4. The highest BCUT2D eigenvalue weighted by atomic mass is 16.5. The molecule has 1 heterocycles. The minimum Gasteiger partial charge on any atom is -0.485 e. The molecule has 3 N–H and O–H groups in total. The molecule has 198 valence electrons. The average Bonchev–Trinajstić information content (AvgIpc) is 3.72. The number of aliphatic hydroxyl groups excluding tert-OH is 1. The molecule has 1 aromatic rings. The third kappa shape index (κ3) is 6.11. The summed E-state index contributed by atoms with van der Waals surface area (Å²) in [5, 5.41) is 15.9. The van der Waals surface area contributed by atoms with Crippen LogP contribution in [0.4, 0.5) is 10.5 Å². The van der Waals surface area contributed by atoms with Gasteiger partial charge in [0.05, 0.1) is 30.4 Å².